The standard InChI is InChI=1S/C13H27NO2/c1-10(2)8-13(4,5)16-12(15)11(3)9-14(6)7/h10-11H,8-9H2,1-7H3. The Balaban J connectivity index is 4.21. The molecule has 0 aliphatic heterocycles. The van der Waals surface area contributed by atoms with Crippen LogP contribution in [-0.2, 0) is 9.53 Å². The highest BCUT2D eigenvalue weighted by Crippen LogP contribution is 2.21. The monoisotopic (exact) mass is 229 g/mol. The summed E-state index contributed by atoms with van der Waals surface area (Å²) in [6.07, 6.45) is 0.896. The fraction of sp³-hybridized carbons (Fsp3) is 0.923. The van der Waals surface area contributed by atoms with Crippen molar-refractivity contribution in [2.45, 2.75) is 46.6 Å². The second-order valence-corrected chi connectivity index (χ2v) is 5.94. The molecule has 16 heavy (non-hydrogen) atoms. The van der Waals surface area contributed by atoms with Gasteiger partial charge in [-0.2, -0.15) is 0 Å². The number of hydrogen-bond donors (Lipinski definition) is 0. The molecule has 0 amide bonds. The molecular formula is C13H27NO2. The van der Waals surface area contributed by atoms with Gasteiger partial charge < -0.3 is 9.64 Å². The summed E-state index contributed by atoms with van der Waals surface area (Å²) in [4.78, 5) is 13.8. The van der Waals surface area contributed by atoms with Crippen molar-refractivity contribution in [2.75, 3.05) is 20.6 Å². The molecule has 0 aliphatic carbocycles. The molecule has 1 atom stereocenters. The quantitative estimate of drug-likeness (QED) is 0.656. The molecule has 0 aromatic rings. The molecule has 0 spiro atoms. The molecule has 0 aliphatic rings. The van der Waals surface area contributed by atoms with Crippen LogP contribution in [0.1, 0.15) is 41.0 Å². The minimum absolute atomic E-state index is 0.0681. The lowest BCUT2D eigenvalue weighted by atomic mass is 9.96. The maximum absolute atomic E-state index is 11.8. The average molecular weight is 229 g/mol. The first-order valence-electron chi connectivity index (χ1n) is 6.01. The van der Waals surface area contributed by atoms with Gasteiger partial charge in [0.15, 0.2) is 0 Å². The Morgan fingerprint density at radius 3 is 2.12 bits per heavy atom. The zero-order chi connectivity index (χ0) is 12.9. The predicted molar refractivity (Wildman–Crippen MR) is 67.3 cm³/mol. The van der Waals surface area contributed by atoms with Crippen LogP contribution in [0.5, 0.6) is 0 Å². The molecule has 0 bridgehead atoms. The minimum Gasteiger partial charge on any atom is -0.459 e. The molecule has 0 aromatic heterocycles. The van der Waals surface area contributed by atoms with Crippen LogP contribution in [0, 0.1) is 11.8 Å². The molecular weight excluding hydrogens is 202 g/mol. The second kappa shape index (κ2) is 6.24. The average Bonchev–Trinajstić information content (AvgIpc) is 1.98. The topological polar surface area (TPSA) is 29.5 Å². The number of ether oxygens (including phenoxy) is 1. The maximum Gasteiger partial charge on any atom is 0.310 e. The molecule has 0 rings (SSSR count). The van der Waals surface area contributed by atoms with E-state index in [1.54, 1.807) is 0 Å². The van der Waals surface area contributed by atoms with Crippen molar-refractivity contribution in [3.05, 3.63) is 0 Å². The van der Waals surface area contributed by atoms with Crippen LogP contribution >= 0.6 is 0 Å². The zero-order valence-corrected chi connectivity index (χ0v) is 11.8. The number of rotatable bonds is 6. The molecule has 96 valence electrons. The van der Waals surface area contributed by atoms with Crippen molar-refractivity contribution >= 4 is 5.97 Å². The van der Waals surface area contributed by atoms with E-state index in [2.05, 4.69) is 13.8 Å². The second-order valence-electron chi connectivity index (χ2n) is 5.94. The molecule has 0 fully saturated rings. The van der Waals surface area contributed by atoms with Crippen molar-refractivity contribution < 1.29 is 9.53 Å². The van der Waals surface area contributed by atoms with Gasteiger partial charge in [0.05, 0.1) is 5.92 Å². The lowest BCUT2D eigenvalue weighted by Crippen LogP contribution is -2.35. The molecule has 0 saturated heterocycles. The van der Waals surface area contributed by atoms with Crippen LogP contribution in [0.3, 0.4) is 0 Å². The van der Waals surface area contributed by atoms with E-state index in [0.717, 1.165) is 13.0 Å². The Kier molecular flexibility index (Phi) is 6.01. The largest absolute Gasteiger partial charge is 0.459 e. The Hall–Kier alpha value is -0.570. The van der Waals surface area contributed by atoms with Gasteiger partial charge in [-0.1, -0.05) is 20.8 Å². The molecule has 0 radical (unpaired) electrons. The van der Waals surface area contributed by atoms with Gasteiger partial charge in [-0.3, -0.25) is 4.79 Å². The van der Waals surface area contributed by atoms with Gasteiger partial charge >= 0.3 is 5.97 Å². The van der Waals surface area contributed by atoms with Gasteiger partial charge in [0.25, 0.3) is 0 Å². The fourth-order valence-electron chi connectivity index (χ4n) is 2.02. The van der Waals surface area contributed by atoms with Crippen LogP contribution in [0.4, 0.5) is 0 Å². The Morgan fingerprint density at radius 1 is 1.25 bits per heavy atom. The van der Waals surface area contributed by atoms with Crippen molar-refractivity contribution in [3.8, 4) is 0 Å². The van der Waals surface area contributed by atoms with E-state index < -0.39 is 0 Å². The third-order valence-corrected chi connectivity index (χ3v) is 2.32. The van der Waals surface area contributed by atoms with Crippen LogP contribution in [0.15, 0.2) is 0 Å². The van der Waals surface area contributed by atoms with E-state index in [0.29, 0.717) is 5.92 Å². The van der Waals surface area contributed by atoms with Gasteiger partial charge in [0.1, 0.15) is 5.60 Å². The molecule has 3 heteroatoms. The van der Waals surface area contributed by atoms with Crippen LogP contribution < -0.4 is 0 Å². The van der Waals surface area contributed by atoms with E-state index in [1.807, 2.05) is 39.8 Å². The number of esters is 1. The lowest BCUT2D eigenvalue weighted by molar-refractivity contribution is -0.162. The smallest absolute Gasteiger partial charge is 0.310 e. The van der Waals surface area contributed by atoms with E-state index in [9.17, 15) is 4.79 Å². The van der Waals surface area contributed by atoms with Crippen LogP contribution in [-0.4, -0.2) is 37.1 Å². The summed E-state index contributed by atoms with van der Waals surface area (Å²) in [6, 6.07) is 0. The number of nitrogens with zero attached hydrogens (tertiary/aromatic N) is 1. The van der Waals surface area contributed by atoms with Crippen molar-refractivity contribution in [2.24, 2.45) is 11.8 Å². The van der Waals surface area contributed by atoms with Crippen molar-refractivity contribution in [1.82, 2.24) is 4.90 Å². The molecule has 0 N–H and O–H groups in total. The van der Waals surface area contributed by atoms with Crippen molar-refractivity contribution in [3.63, 3.8) is 0 Å². The number of carbonyl (C=O) groups excluding carboxylic acids is 1. The van der Waals surface area contributed by atoms with E-state index in [1.165, 1.54) is 0 Å². The third kappa shape index (κ3) is 6.83. The van der Waals surface area contributed by atoms with Crippen LogP contribution in [0.2, 0.25) is 0 Å². The number of carbonyl (C=O) groups is 1. The van der Waals surface area contributed by atoms with Gasteiger partial charge in [-0.15, -0.1) is 0 Å². The Bertz CT molecular complexity index is 222. The number of hydrogen-bond acceptors (Lipinski definition) is 3. The van der Waals surface area contributed by atoms with Gasteiger partial charge in [0.2, 0.25) is 0 Å². The zero-order valence-electron chi connectivity index (χ0n) is 11.8. The summed E-state index contributed by atoms with van der Waals surface area (Å²) in [5.41, 5.74) is -0.355. The first kappa shape index (κ1) is 15.4. The van der Waals surface area contributed by atoms with E-state index in [4.69, 9.17) is 4.74 Å². The van der Waals surface area contributed by atoms with Gasteiger partial charge in [-0.05, 0) is 40.3 Å². The fourth-order valence-corrected chi connectivity index (χ4v) is 2.02. The highest BCUT2D eigenvalue weighted by atomic mass is 16.6. The highest BCUT2D eigenvalue weighted by molar-refractivity contribution is 5.72. The highest BCUT2D eigenvalue weighted by Gasteiger charge is 2.26. The summed E-state index contributed by atoms with van der Waals surface area (Å²) in [5, 5.41) is 0. The maximum atomic E-state index is 11.8. The first-order valence-corrected chi connectivity index (χ1v) is 6.01. The van der Waals surface area contributed by atoms with Gasteiger partial charge in [-0.25, -0.2) is 0 Å². The molecule has 0 saturated carbocycles. The van der Waals surface area contributed by atoms with Crippen molar-refractivity contribution in [1.29, 1.82) is 0 Å². The third-order valence-electron chi connectivity index (χ3n) is 2.32. The summed E-state index contributed by atoms with van der Waals surface area (Å²) < 4.78 is 5.55. The Labute approximate surface area is 100 Å². The predicted octanol–water partition coefficient (Wildman–Crippen LogP) is 2.55. The minimum atomic E-state index is -0.355. The molecule has 0 heterocycles. The van der Waals surface area contributed by atoms with E-state index >= 15 is 0 Å². The SMILES string of the molecule is CC(C)CC(C)(C)OC(=O)C(C)CN(C)C. The normalized spacial score (nSPS) is 14.3. The molecule has 0 aromatic carbocycles. The Morgan fingerprint density at radius 2 is 1.75 bits per heavy atom. The molecule has 3 nitrogen and oxygen atoms in total. The van der Waals surface area contributed by atoms with E-state index in [-0.39, 0.29) is 17.5 Å². The lowest BCUT2D eigenvalue weighted by Gasteiger charge is -2.29. The summed E-state index contributed by atoms with van der Waals surface area (Å²) >= 11 is 0. The summed E-state index contributed by atoms with van der Waals surface area (Å²) in [5.74, 6) is 0.368. The van der Waals surface area contributed by atoms with Gasteiger partial charge in [0, 0.05) is 6.54 Å². The molecule has 1 unspecified atom stereocenters. The summed E-state index contributed by atoms with van der Waals surface area (Å²) in [7, 11) is 3.92. The summed E-state index contributed by atoms with van der Waals surface area (Å²) in [6.45, 7) is 10.9. The first-order chi connectivity index (χ1) is 7.14. The van der Waals surface area contributed by atoms with Crippen LogP contribution in [0.25, 0.3) is 0 Å².